The summed E-state index contributed by atoms with van der Waals surface area (Å²) in [5.74, 6) is -1.72. The zero-order valence-corrected chi connectivity index (χ0v) is 15.3. The highest BCUT2D eigenvalue weighted by Crippen LogP contribution is 2.20. The molecule has 2 N–H and O–H groups in total. The fourth-order valence-corrected chi connectivity index (χ4v) is 2.38. The number of amides is 1. The molecule has 1 heterocycles. The summed E-state index contributed by atoms with van der Waals surface area (Å²) < 4.78 is 18.3. The highest BCUT2D eigenvalue weighted by atomic mass is 35.5. The molecule has 0 bridgehead atoms. The SMILES string of the molecule is Cl.O=C(COc1ccc(-c2ccc(F)cc2)cn1)Nc1ccccc1C(=O)O. The second-order valence-electron chi connectivity index (χ2n) is 5.58. The summed E-state index contributed by atoms with van der Waals surface area (Å²) in [4.78, 5) is 27.2. The van der Waals surface area contributed by atoms with Crippen LogP contribution in [0.4, 0.5) is 10.1 Å². The van der Waals surface area contributed by atoms with E-state index in [0.717, 1.165) is 11.1 Å². The third kappa shape index (κ3) is 5.28. The number of carbonyl (C=O) groups is 2. The predicted octanol–water partition coefficient (Wildman–Crippen LogP) is 4.03. The Bertz CT molecular complexity index is 963. The third-order valence-electron chi connectivity index (χ3n) is 3.70. The maximum absolute atomic E-state index is 13.0. The molecule has 8 heteroatoms. The standard InChI is InChI=1S/C20H15FN2O4.ClH/c21-15-8-5-13(6-9-15)14-7-10-19(22-11-14)27-12-18(24)23-17-4-2-1-3-16(17)20(25)26;/h1-11H,12H2,(H,23,24)(H,25,26);1H. The third-order valence-corrected chi connectivity index (χ3v) is 3.70. The van der Waals surface area contributed by atoms with Crippen LogP contribution in [-0.4, -0.2) is 28.6 Å². The van der Waals surface area contributed by atoms with Crippen LogP contribution < -0.4 is 10.1 Å². The number of carbonyl (C=O) groups excluding carboxylic acids is 1. The van der Waals surface area contributed by atoms with Crippen molar-refractivity contribution >= 4 is 30.0 Å². The number of aromatic carboxylic acids is 1. The van der Waals surface area contributed by atoms with Gasteiger partial charge in [0.1, 0.15) is 5.82 Å². The molecule has 0 atom stereocenters. The first-order valence-electron chi connectivity index (χ1n) is 8.00. The van der Waals surface area contributed by atoms with Gasteiger partial charge < -0.3 is 15.2 Å². The second kappa shape index (κ2) is 9.48. The Hall–Kier alpha value is -3.45. The summed E-state index contributed by atoms with van der Waals surface area (Å²) in [5.41, 5.74) is 1.77. The monoisotopic (exact) mass is 402 g/mol. The Morgan fingerprint density at radius 3 is 2.32 bits per heavy atom. The van der Waals surface area contributed by atoms with E-state index in [2.05, 4.69) is 10.3 Å². The van der Waals surface area contributed by atoms with Crippen molar-refractivity contribution in [3.05, 3.63) is 78.2 Å². The molecule has 0 radical (unpaired) electrons. The number of hydrogen-bond acceptors (Lipinski definition) is 4. The molecule has 0 aliphatic rings. The van der Waals surface area contributed by atoms with Gasteiger partial charge in [-0.05, 0) is 35.9 Å². The van der Waals surface area contributed by atoms with Gasteiger partial charge in [0.15, 0.2) is 6.61 Å². The normalized spacial score (nSPS) is 9.89. The van der Waals surface area contributed by atoms with Crippen LogP contribution in [0.2, 0.25) is 0 Å². The molecule has 0 fully saturated rings. The summed E-state index contributed by atoms with van der Waals surface area (Å²) in [5, 5.41) is 11.6. The van der Waals surface area contributed by atoms with Gasteiger partial charge in [-0.3, -0.25) is 4.79 Å². The van der Waals surface area contributed by atoms with Gasteiger partial charge in [-0.25, -0.2) is 14.2 Å². The minimum absolute atomic E-state index is 0. The van der Waals surface area contributed by atoms with Gasteiger partial charge in [0.25, 0.3) is 5.91 Å². The van der Waals surface area contributed by atoms with E-state index in [1.807, 2.05) is 0 Å². The van der Waals surface area contributed by atoms with E-state index < -0.39 is 11.9 Å². The van der Waals surface area contributed by atoms with Crippen LogP contribution in [0, 0.1) is 5.82 Å². The summed E-state index contributed by atoms with van der Waals surface area (Å²) >= 11 is 0. The van der Waals surface area contributed by atoms with Crippen molar-refractivity contribution in [1.82, 2.24) is 4.98 Å². The molecule has 2 aromatic carbocycles. The first-order valence-corrected chi connectivity index (χ1v) is 8.00. The van der Waals surface area contributed by atoms with Gasteiger partial charge in [0, 0.05) is 17.8 Å². The van der Waals surface area contributed by atoms with Crippen LogP contribution in [0.3, 0.4) is 0 Å². The van der Waals surface area contributed by atoms with Crippen LogP contribution in [-0.2, 0) is 4.79 Å². The number of nitrogens with one attached hydrogen (secondary N) is 1. The van der Waals surface area contributed by atoms with Crippen molar-refractivity contribution in [1.29, 1.82) is 0 Å². The van der Waals surface area contributed by atoms with E-state index in [-0.39, 0.29) is 42.0 Å². The molecule has 3 aromatic rings. The molecule has 6 nitrogen and oxygen atoms in total. The Labute approximate surface area is 166 Å². The molecule has 0 unspecified atom stereocenters. The highest BCUT2D eigenvalue weighted by molar-refractivity contribution is 6.00. The Morgan fingerprint density at radius 2 is 1.68 bits per heavy atom. The quantitative estimate of drug-likeness (QED) is 0.650. The molecule has 144 valence electrons. The summed E-state index contributed by atoms with van der Waals surface area (Å²) in [6, 6.07) is 15.4. The molecule has 0 aliphatic carbocycles. The van der Waals surface area contributed by atoms with Crippen LogP contribution in [0.15, 0.2) is 66.9 Å². The van der Waals surface area contributed by atoms with Crippen molar-refractivity contribution in [2.24, 2.45) is 0 Å². The topological polar surface area (TPSA) is 88.5 Å². The van der Waals surface area contributed by atoms with Crippen molar-refractivity contribution < 1.29 is 23.8 Å². The second-order valence-corrected chi connectivity index (χ2v) is 5.58. The first kappa shape index (κ1) is 20.9. The van der Waals surface area contributed by atoms with Gasteiger partial charge in [-0.2, -0.15) is 0 Å². The first-order chi connectivity index (χ1) is 13.0. The molecule has 0 saturated heterocycles. The number of anilines is 1. The maximum atomic E-state index is 13.0. The number of rotatable bonds is 6. The number of hydrogen-bond donors (Lipinski definition) is 2. The molecule has 0 aliphatic heterocycles. The number of carboxylic acids is 1. The molecular weight excluding hydrogens is 387 g/mol. The van der Waals surface area contributed by atoms with Gasteiger partial charge in [-0.1, -0.05) is 24.3 Å². The number of halogens is 2. The number of carboxylic acid groups (broad SMARTS) is 1. The lowest BCUT2D eigenvalue weighted by Gasteiger charge is -2.09. The van der Waals surface area contributed by atoms with Crippen molar-refractivity contribution in [3.8, 4) is 17.0 Å². The summed E-state index contributed by atoms with van der Waals surface area (Å²) in [7, 11) is 0. The number of ether oxygens (including phenoxy) is 1. The molecular formula is C20H16ClFN2O4. The lowest BCUT2D eigenvalue weighted by Crippen LogP contribution is -2.21. The van der Waals surface area contributed by atoms with Crippen molar-refractivity contribution in [2.75, 3.05) is 11.9 Å². The van der Waals surface area contributed by atoms with E-state index in [4.69, 9.17) is 9.84 Å². The Morgan fingerprint density at radius 1 is 1.00 bits per heavy atom. The van der Waals surface area contributed by atoms with E-state index >= 15 is 0 Å². The van der Waals surface area contributed by atoms with Gasteiger partial charge in [0.05, 0.1) is 11.3 Å². The van der Waals surface area contributed by atoms with Crippen LogP contribution in [0.1, 0.15) is 10.4 Å². The fourth-order valence-electron chi connectivity index (χ4n) is 2.38. The number of para-hydroxylation sites is 1. The number of benzene rings is 2. The molecule has 1 amide bonds. The Kier molecular flexibility index (Phi) is 7.06. The average Bonchev–Trinajstić information content (AvgIpc) is 2.68. The molecule has 1 aromatic heterocycles. The minimum atomic E-state index is -1.13. The number of aromatic nitrogens is 1. The molecule has 0 spiro atoms. The van der Waals surface area contributed by atoms with Crippen LogP contribution in [0.25, 0.3) is 11.1 Å². The maximum Gasteiger partial charge on any atom is 0.337 e. The van der Waals surface area contributed by atoms with E-state index in [9.17, 15) is 14.0 Å². The minimum Gasteiger partial charge on any atom is -0.478 e. The summed E-state index contributed by atoms with van der Waals surface area (Å²) in [6.45, 7) is -0.323. The Balaban J connectivity index is 0.00000280. The predicted molar refractivity (Wildman–Crippen MR) is 104 cm³/mol. The van der Waals surface area contributed by atoms with Gasteiger partial charge in [0.2, 0.25) is 5.88 Å². The number of pyridine rings is 1. The molecule has 3 rings (SSSR count). The summed E-state index contributed by atoms with van der Waals surface area (Å²) in [6.07, 6.45) is 1.56. The zero-order chi connectivity index (χ0) is 19.2. The van der Waals surface area contributed by atoms with Crippen molar-refractivity contribution in [2.45, 2.75) is 0 Å². The fraction of sp³-hybridized carbons (Fsp3) is 0.0500. The zero-order valence-electron chi connectivity index (χ0n) is 14.5. The van der Waals surface area contributed by atoms with Crippen LogP contribution in [0.5, 0.6) is 5.88 Å². The van der Waals surface area contributed by atoms with E-state index in [1.165, 1.54) is 24.3 Å². The van der Waals surface area contributed by atoms with Crippen molar-refractivity contribution in [3.63, 3.8) is 0 Å². The van der Waals surface area contributed by atoms with Crippen LogP contribution >= 0.6 is 12.4 Å². The average molecular weight is 403 g/mol. The van der Waals surface area contributed by atoms with Gasteiger partial charge in [-0.15, -0.1) is 12.4 Å². The van der Waals surface area contributed by atoms with E-state index in [0.29, 0.717) is 0 Å². The smallest absolute Gasteiger partial charge is 0.337 e. The van der Waals surface area contributed by atoms with E-state index in [1.54, 1.807) is 42.6 Å². The number of nitrogens with zero attached hydrogens (tertiary/aromatic N) is 1. The lowest BCUT2D eigenvalue weighted by molar-refractivity contribution is -0.118. The molecule has 0 saturated carbocycles. The van der Waals surface area contributed by atoms with Gasteiger partial charge >= 0.3 is 5.97 Å². The largest absolute Gasteiger partial charge is 0.478 e. The highest BCUT2D eigenvalue weighted by Gasteiger charge is 2.12. The lowest BCUT2D eigenvalue weighted by atomic mass is 10.1. The molecule has 28 heavy (non-hydrogen) atoms.